The lowest BCUT2D eigenvalue weighted by atomic mass is 10.2. The predicted octanol–water partition coefficient (Wildman–Crippen LogP) is 1.89. The maximum atomic E-state index is 12.1. The Balaban J connectivity index is 2.29. The number of nitrogens with one attached hydrogen (secondary N) is 1. The van der Waals surface area contributed by atoms with Gasteiger partial charge in [-0.1, -0.05) is 18.2 Å². The zero-order valence-electron chi connectivity index (χ0n) is 10.8. The zero-order valence-corrected chi connectivity index (χ0v) is 11.6. The first-order valence-corrected chi connectivity index (χ1v) is 7.38. The average Bonchev–Trinajstić information content (AvgIpc) is 2.48. The number of sulfonamides is 1. The highest BCUT2D eigenvalue weighted by Crippen LogP contribution is 2.20. The molecule has 0 saturated heterocycles. The van der Waals surface area contributed by atoms with Crippen molar-refractivity contribution in [2.45, 2.75) is 11.5 Å². The van der Waals surface area contributed by atoms with E-state index in [2.05, 4.69) is 4.72 Å². The first-order chi connectivity index (χ1) is 9.92. The van der Waals surface area contributed by atoms with Gasteiger partial charge in [0.25, 0.3) is 15.7 Å². The van der Waals surface area contributed by atoms with Crippen molar-refractivity contribution in [1.29, 1.82) is 0 Å². The predicted molar refractivity (Wildman–Crippen MR) is 76.3 cm³/mol. The van der Waals surface area contributed by atoms with Crippen LogP contribution in [0.25, 0.3) is 0 Å². The fourth-order valence-electron chi connectivity index (χ4n) is 1.66. The van der Waals surface area contributed by atoms with E-state index in [9.17, 15) is 18.5 Å². The molecule has 0 bridgehead atoms. The van der Waals surface area contributed by atoms with E-state index in [1.807, 2.05) is 0 Å². The van der Waals surface area contributed by atoms with Gasteiger partial charge in [-0.3, -0.25) is 14.8 Å². The number of hydrogen-bond donors (Lipinski definition) is 2. The lowest BCUT2D eigenvalue weighted by molar-refractivity contribution is -0.385. The second-order valence-electron chi connectivity index (χ2n) is 4.22. The fraction of sp³-hybridized carbons (Fsp3) is 0.0769. The summed E-state index contributed by atoms with van der Waals surface area (Å²) >= 11 is 0. The number of nitro groups is 1. The largest absolute Gasteiger partial charge is 0.392 e. The van der Waals surface area contributed by atoms with Crippen LogP contribution in [0.5, 0.6) is 0 Å². The third-order valence-electron chi connectivity index (χ3n) is 2.73. The Labute approximate surface area is 121 Å². The molecule has 0 unspecified atom stereocenters. The molecule has 0 amide bonds. The maximum Gasteiger partial charge on any atom is 0.270 e. The van der Waals surface area contributed by atoms with Crippen molar-refractivity contribution in [1.82, 2.24) is 0 Å². The molecule has 0 aliphatic heterocycles. The highest BCUT2D eigenvalue weighted by molar-refractivity contribution is 7.92. The van der Waals surface area contributed by atoms with Gasteiger partial charge in [0.1, 0.15) is 0 Å². The molecule has 2 rings (SSSR count). The molecular weight excluding hydrogens is 296 g/mol. The molecule has 2 aromatic carbocycles. The Bertz CT molecular complexity index is 756. The molecular formula is C13H12N2O5S. The van der Waals surface area contributed by atoms with E-state index in [1.165, 1.54) is 30.3 Å². The number of hydrogen-bond acceptors (Lipinski definition) is 5. The highest BCUT2D eigenvalue weighted by Gasteiger charge is 2.17. The summed E-state index contributed by atoms with van der Waals surface area (Å²) in [7, 11) is -3.91. The first-order valence-electron chi connectivity index (χ1n) is 5.89. The molecule has 2 N–H and O–H groups in total. The van der Waals surface area contributed by atoms with Gasteiger partial charge < -0.3 is 5.11 Å². The SMILES string of the molecule is O=[N+]([O-])c1cccc(S(=O)(=O)Nc2ccc(CO)cc2)c1. The number of anilines is 1. The van der Waals surface area contributed by atoms with Crippen LogP contribution in [0.4, 0.5) is 11.4 Å². The molecule has 8 heteroatoms. The molecule has 0 spiro atoms. The molecule has 21 heavy (non-hydrogen) atoms. The van der Waals surface area contributed by atoms with E-state index >= 15 is 0 Å². The third-order valence-corrected chi connectivity index (χ3v) is 4.11. The summed E-state index contributed by atoms with van der Waals surface area (Å²) in [5, 5.41) is 19.6. The molecule has 0 fully saturated rings. The number of nitro benzene ring substituents is 1. The van der Waals surface area contributed by atoms with E-state index in [0.717, 1.165) is 6.07 Å². The number of rotatable bonds is 5. The van der Waals surface area contributed by atoms with E-state index < -0.39 is 14.9 Å². The van der Waals surface area contributed by atoms with Gasteiger partial charge >= 0.3 is 0 Å². The van der Waals surface area contributed by atoms with Crippen LogP contribution in [0.2, 0.25) is 0 Å². The first kappa shape index (κ1) is 14.9. The van der Waals surface area contributed by atoms with Crippen LogP contribution in [-0.4, -0.2) is 18.4 Å². The molecule has 0 heterocycles. The molecule has 0 saturated carbocycles. The lowest BCUT2D eigenvalue weighted by Gasteiger charge is -2.08. The van der Waals surface area contributed by atoms with E-state index in [0.29, 0.717) is 11.3 Å². The van der Waals surface area contributed by atoms with Crippen molar-refractivity contribution in [3.05, 3.63) is 64.2 Å². The van der Waals surface area contributed by atoms with Gasteiger partial charge in [-0.15, -0.1) is 0 Å². The monoisotopic (exact) mass is 308 g/mol. The Morgan fingerprint density at radius 3 is 2.38 bits per heavy atom. The van der Waals surface area contributed by atoms with E-state index in [1.54, 1.807) is 12.1 Å². The second-order valence-corrected chi connectivity index (χ2v) is 5.90. The number of aliphatic hydroxyl groups is 1. The van der Waals surface area contributed by atoms with Gasteiger partial charge in [0, 0.05) is 17.8 Å². The summed E-state index contributed by atoms with van der Waals surface area (Å²) < 4.78 is 26.6. The molecule has 2 aromatic rings. The maximum absolute atomic E-state index is 12.1. The van der Waals surface area contributed by atoms with Gasteiger partial charge in [-0.2, -0.15) is 0 Å². The molecule has 0 atom stereocenters. The average molecular weight is 308 g/mol. The van der Waals surface area contributed by atoms with Crippen LogP contribution in [0.15, 0.2) is 53.4 Å². The lowest BCUT2D eigenvalue weighted by Crippen LogP contribution is -2.13. The molecule has 110 valence electrons. The Morgan fingerprint density at radius 1 is 1.14 bits per heavy atom. The number of nitrogens with zero attached hydrogens (tertiary/aromatic N) is 1. The number of non-ortho nitro benzene ring substituents is 1. The van der Waals surface area contributed by atoms with Crippen LogP contribution in [0.1, 0.15) is 5.56 Å². The number of aliphatic hydroxyl groups excluding tert-OH is 1. The molecule has 0 aliphatic rings. The van der Waals surface area contributed by atoms with Crippen molar-refractivity contribution in [2.75, 3.05) is 4.72 Å². The second kappa shape index (κ2) is 5.90. The van der Waals surface area contributed by atoms with Gasteiger partial charge in [0.05, 0.1) is 16.4 Å². The topological polar surface area (TPSA) is 110 Å². The van der Waals surface area contributed by atoms with Gasteiger partial charge in [-0.25, -0.2) is 8.42 Å². The summed E-state index contributed by atoms with van der Waals surface area (Å²) in [6, 6.07) is 10.9. The summed E-state index contributed by atoms with van der Waals surface area (Å²) in [5.41, 5.74) is 0.653. The van der Waals surface area contributed by atoms with Crippen LogP contribution >= 0.6 is 0 Å². The molecule has 0 aromatic heterocycles. The van der Waals surface area contributed by atoms with E-state index in [-0.39, 0.29) is 17.2 Å². The Kier molecular flexibility index (Phi) is 4.20. The van der Waals surface area contributed by atoms with Crippen molar-refractivity contribution in [3.63, 3.8) is 0 Å². The standard InChI is InChI=1S/C13H12N2O5S/c16-9-10-4-6-11(7-5-10)14-21(19,20)13-3-1-2-12(8-13)15(17)18/h1-8,14,16H,9H2. The van der Waals surface area contributed by atoms with Crippen LogP contribution in [-0.2, 0) is 16.6 Å². The van der Waals surface area contributed by atoms with Gasteiger partial charge in [-0.05, 0) is 23.8 Å². The Hall–Kier alpha value is -2.45. The third kappa shape index (κ3) is 3.56. The molecule has 7 nitrogen and oxygen atoms in total. The van der Waals surface area contributed by atoms with Crippen molar-refractivity contribution >= 4 is 21.4 Å². The highest BCUT2D eigenvalue weighted by atomic mass is 32.2. The zero-order chi connectivity index (χ0) is 15.5. The van der Waals surface area contributed by atoms with Crippen LogP contribution in [0, 0.1) is 10.1 Å². The van der Waals surface area contributed by atoms with Gasteiger partial charge in [0.15, 0.2) is 0 Å². The summed E-state index contributed by atoms with van der Waals surface area (Å²) in [6.07, 6.45) is 0. The fourth-order valence-corrected chi connectivity index (χ4v) is 2.75. The van der Waals surface area contributed by atoms with Crippen molar-refractivity contribution in [2.24, 2.45) is 0 Å². The minimum Gasteiger partial charge on any atom is -0.392 e. The van der Waals surface area contributed by atoms with Crippen molar-refractivity contribution < 1.29 is 18.4 Å². The molecule has 0 radical (unpaired) electrons. The molecule has 0 aliphatic carbocycles. The van der Waals surface area contributed by atoms with Crippen LogP contribution < -0.4 is 4.72 Å². The minimum atomic E-state index is -3.91. The van der Waals surface area contributed by atoms with Crippen LogP contribution in [0.3, 0.4) is 0 Å². The van der Waals surface area contributed by atoms with Gasteiger partial charge in [0.2, 0.25) is 0 Å². The summed E-state index contributed by atoms with van der Waals surface area (Å²) in [5.74, 6) is 0. The summed E-state index contributed by atoms with van der Waals surface area (Å²) in [6.45, 7) is -0.141. The van der Waals surface area contributed by atoms with Crippen molar-refractivity contribution in [3.8, 4) is 0 Å². The quantitative estimate of drug-likeness (QED) is 0.647. The Morgan fingerprint density at radius 2 is 1.81 bits per heavy atom. The minimum absolute atomic E-state index is 0.141. The summed E-state index contributed by atoms with van der Waals surface area (Å²) in [4.78, 5) is 9.83. The smallest absolute Gasteiger partial charge is 0.270 e. The van der Waals surface area contributed by atoms with E-state index in [4.69, 9.17) is 5.11 Å². The number of benzene rings is 2. The normalized spacial score (nSPS) is 11.1.